The number of hydrogen-bond acceptors (Lipinski definition) is 3. The van der Waals surface area contributed by atoms with E-state index in [1.165, 1.54) is 32.7 Å². The van der Waals surface area contributed by atoms with E-state index in [9.17, 15) is 0 Å². The van der Waals surface area contributed by atoms with Crippen molar-refractivity contribution in [2.24, 2.45) is 0 Å². The summed E-state index contributed by atoms with van der Waals surface area (Å²) in [6.07, 6.45) is 0. The summed E-state index contributed by atoms with van der Waals surface area (Å²) in [4.78, 5) is 2.38. The fourth-order valence-electron chi connectivity index (χ4n) is 7.29. The molecule has 2 heterocycles. The first-order chi connectivity index (χ1) is 23.3. The van der Waals surface area contributed by atoms with Crippen LogP contribution in [0.4, 0.5) is 17.1 Å². The molecule has 47 heavy (non-hydrogen) atoms. The number of nitrogens with zero attached hydrogens (tertiary/aromatic N) is 1. The van der Waals surface area contributed by atoms with Gasteiger partial charge in [0.1, 0.15) is 22.3 Å². The highest BCUT2D eigenvalue weighted by atomic mass is 16.3. The quantitative estimate of drug-likeness (QED) is 0.188. The lowest BCUT2D eigenvalue weighted by Gasteiger charge is -2.28. The highest BCUT2D eigenvalue weighted by molar-refractivity contribution is 6.28. The lowest BCUT2D eigenvalue weighted by atomic mass is 9.95. The summed E-state index contributed by atoms with van der Waals surface area (Å²) >= 11 is 0. The van der Waals surface area contributed by atoms with Crippen molar-refractivity contribution in [3.8, 4) is 11.1 Å². The Morgan fingerprint density at radius 3 is 1.72 bits per heavy atom. The molecule has 0 atom stereocenters. The minimum atomic E-state index is 0.881. The number of rotatable bonds is 4. The number of fused-ring (bicyclic) bond motifs is 10. The van der Waals surface area contributed by atoms with Crippen molar-refractivity contribution in [1.82, 2.24) is 0 Å². The third-order valence-electron chi connectivity index (χ3n) is 9.43. The van der Waals surface area contributed by atoms with Gasteiger partial charge in [-0.2, -0.15) is 0 Å². The topological polar surface area (TPSA) is 29.5 Å². The number of para-hydroxylation sites is 2. The molecule has 0 saturated heterocycles. The van der Waals surface area contributed by atoms with E-state index >= 15 is 0 Å². The van der Waals surface area contributed by atoms with Crippen molar-refractivity contribution < 1.29 is 8.83 Å². The molecule has 0 unspecified atom stereocenters. The molecule has 0 saturated carbocycles. The van der Waals surface area contributed by atoms with E-state index in [1.807, 2.05) is 24.3 Å². The maximum Gasteiger partial charge on any atom is 0.136 e. The van der Waals surface area contributed by atoms with Crippen LogP contribution in [0.2, 0.25) is 0 Å². The van der Waals surface area contributed by atoms with Gasteiger partial charge >= 0.3 is 0 Å². The van der Waals surface area contributed by atoms with Gasteiger partial charge in [0, 0.05) is 43.7 Å². The Labute approximate surface area is 270 Å². The second kappa shape index (κ2) is 10.1. The van der Waals surface area contributed by atoms with Crippen LogP contribution in [0, 0.1) is 0 Å². The first kappa shape index (κ1) is 26.0. The maximum absolute atomic E-state index is 6.32. The Bertz CT molecular complexity index is 2790. The summed E-state index contributed by atoms with van der Waals surface area (Å²) in [7, 11) is 0. The second-order valence-corrected chi connectivity index (χ2v) is 12.1. The average molecular weight is 602 g/mol. The van der Waals surface area contributed by atoms with Gasteiger partial charge in [0.2, 0.25) is 0 Å². The molecule has 0 amide bonds. The van der Waals surface area contributed by atoms with E-state index in [-0.39, 0.29) is 0 Å². The van der Waals surface area contributed by atoms with Crippen LogP contribution in [-0.2, 0) is 0 Å². The van der Waals surface area contributed by atoms with Gasteiger partial charge < -0.3 is 13.7 Å². The summed E-state index contributed by atoms with van der Waals surface area (Å²) in [5.74, 6) is 0. The highest BCUT2D eigenvalue weighted by Crippen LogP contribution is 2.46. The van der Waals surface area contributed by atoms with Crippen molar-refractivity contribution in [2.45, 2.75) is 0 Å². The molecule has 0 bridgehead atoms. The third kappa shape index (κ3) is 4.00. The van der Waals surface area contributed by atoms with E-state index < -0.39 is 0 Å². The number of benzene rings is 8. The Kier molecular flexibility index (Phi) is 5.57. The molecule has 0 spiro atoms. The predicted octanol–water partition coefficient (Wildman–Crippen LogP) is 12.9. The van der Waals surface area contributed by atoms with Crippen LogP contribution >= 0.6 is 0 Å². The van der Waals surface area contributed by atoms with Crippen molar-refractivity contribution in [3.05, 3.63) is 164 Å². The first-order valence-corrected chi connectivity index (χ1v) is 15.9. The summed E-state index contributed by atoms with van der Waals surface area (Å²) < 4.78 is 12.6. The molecule has 0 aliphatic carbocycles. The average Bonchev–Trinajstić information content (AvgIpc) is 3.71. The monoisotopic (exact) mass is 601 g/mol. The van der Waals surface area contributed by atoms with Crippen LogP contribution in [0.15, 0.2) is 173 Å². The lowest BCUT2D eigenvalue weighted by molar-refractivity contribution is 0.668. The second-order valence-electron chi connectivity index (χ2n) is 12.1. The Morgan fingerprint density at radius 2 is 0.915 bits per heavy atom. The molecular formula is C44H27NO2. The van der Waals surface area contributed by atoms with Crippen molar-refractivity contribution in [1.29, 1.82) is 0 Å². The zero-order chi connectivity index (χ0) is 30.9. The van der Waals surface area contributed by atoms with Crippen molar-refractivity contribution in [3.63, 3.8) is 0 Å². The fourth-order valence-corrected chi connectivity index (χ4v) is 7.29. The molecule has 0 N–H and O–H groups in total. The fraction of sp³-hybridized carbons (Fsp3) is 0. The number of anilines is 3. The summed E-state index contributed by atoms with van der Waals surface area (Å²) in [6.45, 7) is 0. The van der Waals surface area contributed by atoms with Crippen molar-refractivity contribution in [2.75, 3.05) is 4.90 Å². The SMILES string of the molecule is c1ccc(-c2ccc(N(c3ccc4oc5ccccc5c4c3)c3cc4ccc5oc6ccccc6c5c4c4ccccc34)cc2)cc1. The Balaban J connectivity index is 1.27. The summed E-state index contributed by atoms with van der Waals surface area (Å²) in [5.41, 5.74) is 9.23. The largest absolute Gasteiger partial charge is 0.456 e. The van der Waals surface area contributed by atoms with Gasteiger partial charge in [0.05, 0.1) is 5.69 Å². The standard InChI is InChI=1S/C44H27NO2/c1-2-10-28(11-3-1)29-18-21-31(22-19-29)45(32-23-25-41-37(27-32)34-13-6-8-16-39(34)46-41)38-26-30-20-24-42-44(36-15-7-9-17-40(36)47-42)43(30)35-14-5-4-12-33(35)38/h1-27H. The van der Waals surface area contributed by atoms with Gasteiger partial charge in [-0.15, -0.1) is 0 Å². The normalized spacial score (nSPS) is 11.8. The highest BCUT2D eigenvalue weighted by Gasteiger charge is 2.21. The Morgan fingerprint density at radius 1 is 0.340 bits per heavy atom. The molecule has 220 valence electrons. The van der Waals surface area contributed by atoms with Crippen LogP contribution in [0.25, 0.3) is 76.5 Å². The molecule has 0 aliphatic heterocycles. The minimum Gasteiger partial charge on any atom is -0.456 e. The smallest absolute Gasteiger partial charge is 0.136 e. The van der Waals surface area contributed by atoms with Gasteiger partial charge in [-0.25, -0.2) is 0 Å². The van der Waals surface area contributed by atoms with E-state index in [2.05, 4.69) is 144 Å². The minimum absolute atomic E-state index is 0.881. The van der Waals surface area contributed by atoms with Gasteiger partial charge in [-0.05, 0) is 76.5 Å². The number of hydrogen-bond donors (Lipinski definition) is 0. The molecular weight excluding hydrogens is 574 g/mol. The maximum atomic E-state index is 6.32. The predicted molar refractivity (Wildman–Crippen MR) is 196 cm³/mol. The van der Waals surface area contributed by atoms with E-state index in [1.54, 1.807) is 0 Å². The van der Waals surface area contributed by atoms with Gasteiger partial charge in [-0.3, -0.25) is 0 Å². The van der Waals surface area contributed by atoms with Crippen LogP contribution in [0.5, 0.6) is 0 Å². The molecule has 8 aromatic carbocycles. The zero-order valence-corrected chi connectivity index (χ0v) is 25.4. The van der Waals surface area contributed by atoms with Crippen molar-refractivity contribution >= 4 is 82.5 Å². The molecule has 2 aromatic heterocycles. The summed E-state index contributed by atoms with van der Waals surface area (Å²) in [6, 6.07) is 57.9. The molecule has 3 heteroatoms. The van der Waals surface area contributed by atoms with Crippen LogP contribution in [-0.4, -0.2) is 0 Å². The molecule has 10 rings (SSSR count). The van der Waals surface area contributed by atoms with Crippen LogP contribution < -0.4 is 4.90 Å². The molecule has 0 fully saturated rings. The van der Waals surface area contributed by atoms with Crippen LogP contribution in [0.1, 0.15) is 0 Å². The Hall–Kier alpha value is -6.32. The van der Waals surface area contributed by atoms with E-state index in [0.717, 1.165) is 60.9 Å². The van der Waals surface area contributed by atoms with E-state index in [4.69, 9.17) is 8.83 Å². The first-order valence-electron chi connectivity index (χ1n) is 15.9. The van der Waals surface area contributed by atoms with E-state index in [0.29, 0.717) is 0 Å². The molecule has 0 aliphatic rings. The molecule has 10 aromatic rings. The van der Waals surface area contributed by atoms with Gasteiger partial charge in [0.15, 0.2) is 0 Å². The van der Waals surface area contributed by atoms with Gasteiger partial charge in [-0.1, -0.05) is 109 Å². The van der Waals surface area contributed by atoms with Crippen LogP contribution in [0.3, 0.4) is 0 Å². The molecule has 3 nitrogen and oxygen atoms in total. The zero-order valence-electron chi connectivity index (χ0n) is 25.4. The third-order valence-corrected chi connectivity index (χ3v) is 9.43. The molecule has 0 radical (unpaired) electrons. The summed E-state index contributed by atoms with van der Waals surface area (Å²) in [5, 5.41) is 9.24. The lowest BCUT2D eigenvalue weighted by Crippen LogP contribution is -2.10. The van der Waals surface area contributed by atoms with Gasteiger partial charge in [0.25, 0.3) is 0 Å². The number of furan rings is 2.